The predicted molar refractivity (Wildman–Crippen MR) is 108 cm³/mol. The molecule has 3 unspecified atom stereocenters. The van der Waals surface area contributed by atoms with Gasteiger partial charge in [-0.05, 0) is 58.7 Å². The summed E-state index contributed by atoms with van der Waals surface area (Å²) in [5.41, 5.74) is -0.744. The Morgan fingerprint density at radius 2 is 1.89 bits per heavy atom. The third-order valence-corrected chi connectivity index (χ3v) is 6.41. The number of carbonyl (C=O) groups is 1. The molecule has 9 heteroatoms. The van der Waals surface area contributed by atoms with Crippen molar-refractivity contribution in [2.24, 2.45) is 5.92 Å². The van der Waals surface area contributed by atoms with Crippen molar-refractivity contribution >= 4 is 33.3 Å². The third-order valence-electron chi connectivity index (χ3n) is 4.17. The van der Waals surface area contributed by atoms with Crippen LogP contribution >= 0.6 is 15.9 Å². The van der Waals surface area contributed by atoms with Gasteiger partial charge in [0.05, 0.1) is 24.5 Å². The Morgan fingerprint density at radius 3 is 2.36 bits per heavy atom. The molecule has 0 bridgehead atoms. The summed E-state index contributed by atoms with van der Waals surface area (Å²) >= 11 is 1.70. The average molecular weight is 486 g/mol. The molecule has 0 saturated heterocycles. The zero-order valence-electron chi connectivity index (χ0n) is 16.7. The molecule has 0 aliphatic rings. The van der Waals surface area contributed by atoms with E-state index in [4.69, 9.17) is 4.74 Å². The molecule has 4 nitrogen and oxygen atoms in total. The number of esters is 1. The third kappa shape index (κ3) is 7.57. The molecule has 1 rings (SSSR count). The molecular formula is C19H27BrF3NO3S. The number of hydrogen-bond donors (Lipinski definition) is 1. The van der Waals surface area contributed by atoms with Gasteiger partial charge >= 0.3 is 12.1 Å². The Morgan fingerprint density at radius 1 is 1.29 bits per heavy atom. The fourth-order valence-corrected chi connectivity index (χ4v) is 3.94. The highest BCUT2D eigenvalue weighted by atomic mass is 79.9. The van der Waals surface area contributed by atoms with Crippen LogP contribution in [0.25, 0.3) is 0 Å². The van der Waals surface area contributed by atoms with Gasteiger partial charge in [0.25, 0.3) is 0 Å². The van der Waals surface area contributed by atoms with E-state index >= 15 is 0 Å². The monoisotopic (exact) mass is 485 g/mol. The van der Waals surface area contributed by atoms with Crippen LogP contribution in [0.15, 0.2) is 28.7 Å². The molecule has 1 aromatic rings. The number of nitrogens with one attached hydrogen (secondary N) is 1. The van der Waals surface area contributed by atoms with E-state index < -0.39 is 52.6 Å². The van der Waals surface area contributed by atoms with E-state index in [0.717, 1.165) is 0 Å². The SMILES string of the molecule is CCOC(=O)CC(CC(C)(N[S+]([O-])C(C)(C)C)c1cccc(Br)c1)C(F)(F)F. The van der Waals surface area contributed by atoms with Crippen molar-refractivity contribution in [3.8, 4) is 0 Å². The van der Waals surface area contributed by atoms with Crippen molar-refractivity contribution in [3.05, 3.63) is 34.3 Å². The van der Waals surface area contributed by atoms with Gasteiger partial charge in [-0.25, -0.2) is 0 Å². The second kappa shape index (κ2) is 9.82. The van der Waals surface area contributed by atoms with Crippen LogP contribution in [0.1, 0.15) is 53.0 Å². The van der Waals surface area contributed by atoms with Gasteiger partial charge in [0, 0.05) is 15.8 Å². The Kier molecular flexibility index (Phi) is 8.86. The van der Waals surface area contributed by atoms with Crippen molar-refractivity contribution in [2.45, 2.75) is 63.9 Å². The van der Waals surface area contributed by atoms with Crippen molar-refractivity contribution < 1.29 is 27.3 Å². The molecule has 0 radical (unpaired) electrons. The molecule has 0 aliphatic heterocycles. The van der Waals surface area contributed by atoms with Crippen molar-refractivity contribution in [1.82, 2.24) is 4.72 Å². The first-order valence-corrected chi connectivity index (χ1v) is 10.8. The summed E-state index contributed by atoms with van der Waals surface area (Å²) in [5.74, 6) is -2.85. The molecule has 0 saturated carbocycles. The Labute approximate surface area is 176 Å². The van der Waals surface area contributed by atoms with Gasteiger partial charge in [-0.1, -0.05) is 28.1 Å². The number of alkyl halides is 3. The predicted octanol–water partition coefficient (Wildman–Crippen LogP) is 5.24. The van der Waals surface area contributed by atoms with Crippen molar-refractivity contribution in [3.63, 3.8) is 0 Å². The van der Waals surface area contributed by atoms with Crippen LogP contribution in [0, 0.1) is 5.92 Å². The van der Waals surface area contributed by atoms with Crippen LogP contribution in [-0.2, 0) is 26.4 Å². The van der Waals surface area contributed by atoms with E-state index in [2.05, 4.69) is 20.7 Å². The molecule has 0 amide bonds. The summed E-state index contributed by atoms with van der Waals surface area (Å²) in [6, 6.07) is 6.82. The number of rotatable bonds is 8. The number of hydrogen-bond acceptors (Lipinski definition) is 4. The summed E-state index contributed by atoms with van der Waals surface area (Å²) < 4.78 is 61.4. The topological polar surface area (TPSA) is 61.4 Å². The summed E-state index contributed by atoms with van der Waals surface area (Å²) in [7, 11) is 0. The van der Waals surface area contributed by atoms with Crippen LogP contribution in [-0.4, -0.2) is 28.1 Å². The van der Waals surface area contributed by atoms with E-state index in [9.17, 15) is 22.5 Å². The fraction of sp³-hybridized carbons (Fsp3) is 0.632. The minimum Gasteiger partial charge on any atom is -0.598 e. The Bertz CT molecular complexity index is 667. The molecule has 28 heavy (non-hydrogen) atoms. The second-order valence-corrected chi connectivity index (χ2v) is 10.7. The quantitative estimate of drug-likeness (QED) is 0.404. The largest absolute Gasteiger partial charge is 0.598 e. The van der Waals surface area contributed by atoms with Crippen molar-refractivity contribution in [1.29, 1.82) is 0 Å². The maximum Gasteiger partial charge on any atom is 0.392 e. The maximum absolute atomic E-state index is 13.7. The van der Waals surface area contributed by atoms with Gasteiger partial charge in [-0.3, -0.25) is 4.79 Å². The smallest absolute Gasteiger partial charge is 0.392 e. The first-order chi connectivity index (χ1) is 12.7. The molecular weight excluding hydrogens is 459 g/mol. The summed E-state index contributed by atoms with van der Waals surface area (Å²) in [6.07, 6.45) is -5.86. The molecule has 0 fully saturated rings. The van der Waals surface area contributed by atoms with Gasteiger partial charge in [-0.2, -0.15) is 13.2 Å². The highest BCUT2D eigenvalue weighted by Gasteiger charge is 2.48. The molecule has 160 valence electrons. The lowest BCUT2D eigenvalue weighted by Gasteiger charge is -2.37. The van der Waals surface area contributed by atoms with Gasteiger partial charge in [0.1, 0.15) is 4.75 Å². The lowest BCUT2D eigenvalue weighted by atomic mass is 9.82. The summed E-state index contributed by atoms with van der Waals surface area (Å²) in [4.78, 5) is 11.7. The van der Waals surface area contributed by atoms with Crippen LogP contribution in [0.4, 0.5) is 13.2 Å². The van der Waals surface area contributed by atoms with Crippen LogP contribution in [0.2, 0.25) is 0 Å². The van der Waals surface area contributed by atoms with E-state index in [1.54, 1.807) is 58.9 Å². The van der Waals surface area contributed by atoms with Crippen LogP contribution in [0.3, 0.4) is 0 Å². The fourth-order valence-electron chi connectivity index (χ4n) is 2.63. The zero-order chi connectivity index (χ0) is 21.8. The van der Waals surface area contributed by atoms with Gasteiger partial charge in [0.2, 0.25) is 0 Å². The molecule has 0 aromatic heterocycles. The molecule has 0 aliphatic carbocycles. The first kappa shape index (κ1) is 25.3. The average Bonchev–Trinajstić information content (AvgIpc) is 2.52. The highest BCUT2D eigenvalue weighted by Crippen LogP contribution is 2.40. The lowest BCUT2D eigenvalue weighted by molar-refractivity contribution is -0.189. The number of halogens is 4. The Hall–Kier alpha value is -0.770. The molecule has 1 N–H and O–H groups in total. The zero-order valence-corrected chi connectivity index (χ0v) is 19.1. The van der Waals surface area contributed by atoms with E-state index in [1.807, 2.05) is 0 Å². The second-order valence-electron chi connectivity index (χ2n) is 7.78. The molecule has 3 atom stereocenters. The molecule has 0 heterocycles. The van der Waals surface area contributed by atoms with E-state index in [1.165, 1.54) is 0 Å². The van der Waals surface area contributed by atoms with Gasteiger partial charge in [0.15, 0.2) is 0 Å². The highest BCUT2D eigenvalue weighted by molar-refractivity contribution is 9.10. The van der Waals surface area contributed by atoms with E-state index in [-0.39, 0.29) is 6.61 Å². The lowest BCUT2D eigenvalue weighted by Crippen LogP contribution is -2.51. The summed E-state index contributed by atoms with van der Waals surface area (Å²) in [6.45, 7) is 8.33. The van der Waals surface area contributed by atoms with E-state index in [0.29, 0.717) is 10.0 Å². The Balaban J connectivity index is 3.30. The van der Waals surface area contributed by atoms with Crippen molar-refractivity contribution in [2.75, 3.05) is 6.61 Å². The van der Waals surface area contributed by atoms with Gasteiger partial charge in [-0.15, -0.1) is 4.72 Å². The number of benzene rings is 1. The minimum atomic E-state index is -4.61. The minimum absolute atomic E-state index is 0.0125. The van der Waals surface area contributed by atoms with Crippen LogP contribution < -0.4 is 4.72 Å². The molecule has 1 aromatic carbocycles. The standard InChI is InChI=1S/C19H27BrF3NO3S/c1-6-27-16(25)11-14(19(21,22)23)12-18(5,24-28(26)17(2,3)4)13-8-7-9-15(20)10-13/h7-10,14,24H,6,11-12H2,1-5H3. The number of carbonyl (C=O) groups excluding carboxylic acids is 1. The van der Waals surface area contributed by atoms with Crippen LogP contribution in [0.5, 0.6) is 0 Å². The first-order valence-electron chi connectivity index (χ1n) is 8.87. The molecule has 0 spiro atoms. The normalized spacial score (nSPS) is 16.9. The van der Waals surface area contributed by atoms with Gasteiger partial charge < -0.3 is 9.29 Å². The summed E-state index contributed by atoms with van der Waals surface area (Å²) in [5, 5.41) is 0. The maximum atomic E-state index is 13.7. The number of ether oxygens (including phenoxy) is 1.